The first-order valence-electron chi connectivity index (χ1n) is 11.2. The smallest absolute Gasteiger partial charge is 0.251 e. The van der Waals surface area contributed by atoms with Crippen molar-refractivity contribution < 1.29 is 13.9 Å². The number of nitriles is 1. The molecule has 0 bridgehead atoms. The van der Waals surface area contributed by atoms with Gasteiger partial charge in [-0.1, -0.05) is 30.7 Å². The molecule has 1 amide bonds. The third-order valence-corrected chi connectivity index (χ3v) is 5.71. The predicted molar refractivity (Wildman–Crippen MR) is 131 cm³/mol. The maximum Gasteiger partial charge on any atom is 0.251 e. The second-order valence-corrected chi connectivity index (χ2v) is 8.37. The molecule has 7 nitrogen and oxygen atoms in total. The SMILES string of the molecule is CCCNC(=O)c1ccc(OCc2cc3cnc(C#N)nc3n2CCc2ccc(Cl)cc2)c(F)c1. The van der Waals surface area contributed by atoms with E-state index in [0.29, 0.717) is 30.2 Å². The molecule has 4 aromatic rings. The Bertz CT molecular complexity index is 1400. The lowest BCUT2D eigenvalue weighted by Crippen LogP contribution is -2.24. The molecule has 9 heteroatoms. The minimum atomic E-state index is -0.621. The molecule has 0 saturated heterocycles. The van der Waals surface area contributed by atoms with E-state index < -0.39 is 5.82 Å². The number of halogens is 2. The summed E-state index contributed by atoms with van der Waals surface area (Å²) in [5.41, 5.74) is 2.68. The topological polar surface area (TPSA) is 92.8 Å². The van der Waals surface area contributed by atoms with Gasteiger partial charge in [-0.15, -0.1) is 0 Å². The van der Waals surface area contributed by atoms with Crippen LogP contribution in [0.3, 0.4) is 0 Å². The fourth-order valence-electron chi connectivity index (χ4n) is 3.66. The molecule has 4 rings (SSSR count). The molecule has 2 aromatic carbocycles. The molecule has 35 heavy (non-hydrogen) atoms. The minimum absolute atomic E-state index is 0.0374. The highest BCUT2D eigenvalue weighted by molar-refractivity contribution is 6.30. The van der Waals surface area contributed by atoms with Crippen LogP contribution in [0, 0.1) is 17.1 Å². The van der Waals surface area contributed by atoms with E-state index in [1.807, 2.05) is 47.9 Å². The van der Waals surface area contributed by atoms with E-state index in [4.69, 9.17) is 16.3 Å². The normalized spacial score (nSPS) is 10.8. The molecular formula is C26H23ClFN5O2. The molecule has 0 aliphatic heterocycles. The molecule has 0 radical (unpaired) electrons. The van der Waals surface area contributed by atoms with Gasteiger partial charge in [-0.25, -0.2) is 14.4 Å². The molecule has 0 spiro atoms. The van der Waals surface area contributed by atoms with Gasteiger partial charge in [-0.2, -0.15) is 5.26 Å². The highest BCUT2D eigenvalue weighted by Crippen LogP contribution is 2.23. The molecular weight excluding hydrogens is 469 g/mol. The van der Waals surface area contributed by atoms with E-state index in [1.165, 1.54) is 18.2 Å². The number of hydrogen-bond acceptors (Lipinski definition) is 5. The van der Waals surface area contributed by atoms with Crippen molar-refractivity contribution in [1.82, 2.24) is 19.9 Å². The van der Waals surface area contributed by atoms with Crippen LogP contribution >= 0.6 is 11.6 Å². The van der Waals surface area contributed by atoms with E-state index in [1.54, 1.807) is 6.20 Å². The van der Waals surface area contributed by atoms with Crippen LogP contribution in [0.2, 0.25) is 5.02 Å². The zero-order chi connectivity index (χ0) is 24.8. The van der Waals surface area contributed by atoms with Crippen molar-refractivity contribution in [2.75, 3.05) is 6.54 Å². The van der Waals surface area contributed by atoms with Gasteiger partial charge in [0.15, 0.2) is 11.6 Å². The molecule has 0 unspecified atom stereocenters. The van der Waals surface area contributed by atoms with Gasteiger partial charge < -0.3 is 14.6 Å². The second kappa shape index (κ2) is 11.0. The largest absolute Gasteiger partial charge is 0.484 e. The van der Waals surface area contributed by atoms with Crippen LogP contribution in [-0.4, -0.2) is 27.0 Å². The van der Waals surface area contributed by atoms with Gasteiger partial charge >= 0.3 is 0 Å². The highest BCUT2D eigenvalue weighted by atomic mass is 35.5. The Morgan fingerprint density at radius 1 is 1.23 bits per heavy atom. The van der Waals surface area contributed by atoms with Crippen LogP contribution in [0.25, 0.3) is 11.0 Å². The lowest BCUT2D eigenvalue weighted by Gasteiger charge is -2.13. The number of ether oxygens (including phenoxy) is 1. The monoisotopic (exact) mass is 491 g/mol. The first kappa shape index (κ1) is 24.2. The predicted octanol–water partition coefficient (Wildman–Crippen LogP) is 5.06. The van der Waals surface area contributed by atoms with E-state index in [0.717, 1.165) is 23.1 Å². The molecule has 0 fully saturated rings. The number of hydrogen-bond donors (Lipinski definition) is 1. The minimum Gasteiger partial charge on any atom is -0.484 e. The Morgan fingerprint density at radius 2 is 2.03 bits per heavy atom. The van der Waals surface area contributed by atoms with Crippen molar-refractivity contribution in [1.29, 1.82) is 5.26 Å². The van der Waals surface area contributed by atoms with Gasteiger partial charge in [0.2, 0.25) is 5.82 Å². The summed E-state index contributed by atoms with van der Waals surface area (Å²) in [5, 5.41) is 13.4. The van der Waals surface area contributed by atoms with Gasteiger partial charge in [-0.3, -0.25) is 4.79 Å². The van der Waals surface area contributed by atoms with Gasteiger partial charge in [0.05, 0.1) is 5.69 Å². The van der Waals surface area contributed by atoms with Crippen LogP contribution in [-0.2, 0) is 19.6 Å². The molecule has 2 aromatic heterocycles. The molecule has 0 aliphatic rings. The molecule has 0 atom stereocenters. The Kier molecular flexibility index (Phi) is 7.58. The van der Waals surface area contributed by atoms with Gasteiger partial charge in [0, 0.05) is 35.3 Å². The van der Waals surface area contributed by atoms with Gasteiger partial charge in [0.1, 0.15) is 18.3 Å². The Hall–Kier alpha value is -3.96. The number of aryl methyl sites for hydroxylation is 2. The zero-order valence-electron chi connectivity index (χ0n) is 19.1. The summed E-state index contributed by atoms with van der Waals surface area (Å²) < 4.78 is 22.4. The maximum atomic E-state index is 14.7. The first-order valence-corrected chi connectivity index (χ1v) is 11.6. The van der Waals surface area contributed by atoms with E-state index in [2.05, 4.69) is 15.3 Å². The number of rotatable bonds is 9. The Labute approximate surface area is 207 Å². The van der Waals surface area contributed by atoms with Crippen molar-refractivity contribution in [2.24, 2.45) is 0 Å². The fraction of sp³-hybridized carbons (Fsp3) is 0.231. The maximum absolute atomic E-state index is 14.7. The third-order valence-electron chi connectivity index (χ3n) is 5.46. The van der Waals surface area contributed by atoms with Crippen LogP contribution in [0.5, 0.6) is 5.75 Å². The quantitative estimate of drug-likeness (QED) is 0.353. The molecule has 1 N–H and O–H groups in total. The molecule has 2 heterocycles. The molecule has 178 valence electrons. The number of amides is 1. The Morgan fingerprint density at radius 3 is 2.74 bits per heavy atom. The number of aromatic nitrogens is 3. The number of carbonyl (C=O) groups is 1. The summed E-state index contributed by atoms with van der Waals surface area (Å²) in [7, 11) is 0. The highest BCUT2D eigenvalue weighted by Gasteiger charge is 2.15. The average molecular weight is 492 g/mol. The van der Waals surface area contributed by atoms with Crippen molar-refractivity contribution in [3.05, 3.63) is 88.2 Å². The number of carbonyl (C=O) groups excluding carboxylic acids is 1. The van der Waals surface area contributed by atoms with Crippen molar-refractivity contribution in [3.8, 4) is 11.8 Å². The second-order valence-electron chi connectivity index (χ2n) is 7.94. The molecule has 0 aliphatic carbocycles. The third kappa shape index (κ3) is 5.76. The van der Waals surface area contributed by atoms with Crippen LogP contribution in [0.4, 0.5) is 4.39 Å². The van der Waals surface area contributed by atoms with Crippen LogP contribution in [0.1, 0.15) is 40.8 Å². The summed E-state index contributed by atoms with van der Waals surface area (Å²) in [6.45, 7) is 3.09. The standard InChI is InChI=1S/C26H23ClFN5O2/c1-2-10-30-26(34)18-5-8-23(22(28)13-18)35-16-21-12-19-15-31-24(14-29)32-25(19)33(21)11-9-17-3-6-20(27)7-4-17/h3-8,12-13,15H,2,9-11,16H2,1H3,(H,30,34). The summed E-state index contributed by atoms with van der Waals surface area (Å²) in [6.07, 6.45) is 3.07. The fourth-order valence-corrected chi connectivity index (χ4v) is 3.79. The van der Waals surface area contributed by atoms with E-state index in [9.17, 15) is 14.4 Å². The average Bonchev–Trinajstić information content (AvgIpc) is 3.22. The van der Waals surface area contributed by atoms with Gasteiger partial charge in [-0.05, 0) is 54.8 Å². The van der Waals surface area contributed by atoms with Crippen molar-refractivity contribution in [2.45, 2.75) is 32.9 Å². The summed E-state index contributed by atoms with van der Waals surface area (Å²) in [6, 6.07) is 15.5. The lowest BCUT2D eigenvalue weighted by molar-refractivity contribution is 0.0953. The van der Waals surface area contributed by atoms with Gasteiger partial charge in [0.25, 0.3) is 5.91 Å². The lowest BCUT2D eigenvalue weighted by atomic mass is 10.1. The Balaban J connectivity index is 1.56. The van der Waals surface area contributed by atoms with Crippen LogP contribution in [0.15, 0.2) is 54.7 Å². The van der Waals surface area contributed by atoms with Crippen LogP contribution < -0.4 is 10.1 Å². The zero-order valence-corrected chi connectivity index (χ0v) is 19.8. The summed E-state index contributed by atoms with van der Waals surface area (Å²) in [4.78, 5) is 20.5. The van der Waals surface area contributed by atoms with Crippen molar-refractivity contribution in [3.63, 3.8) is 0 Å². The number of benzene rings is 2. The number of nitrogens with one attached hydrogen (secondary N) is 1. The number of nitrogens with zero attached hydrogens (tertiary/aromatic N) is 4. The first-order chi connectivity index (χ1) is 17.0. The van der Waals surface area contributed by atoms with Crippen molar-refractivity contribution >= 4 is 28.5 Å². The molecule has 0 saturated carbocycles. The van der Waals surface area contributed by atoms with E-state index >= 15 is 0 Å². The summed E-state index contributed by atoms with van der Waals surface area (Å²) in [5.74, 6) is -0.842. The van der Waals surface area contributed by atoms with E-state index in [-0.39, 0.29) is 29.7 Å². The summed E-state index contributed by atoms with van der Waals surface area (Å²) >= 11 is 5.99. The number of fused-ring (bicyclic) bond motifs is 1.